The van der Waals surface area contributed by atoms with Crippen LogP contribution in [0.15, 0.2) is 41.2 Å². The Balaban J connectivity index is 1.25. The van der Waals surface area contributed by atoms with E-state index in [1.807, 2.05) is 44.2 Å². The molecule has 1 aliphatic heterocycles. The van der Waals surface area contributed by atoms with Crippen molar-refractivity contribution in [1.82, 2.24) is 14.9 Å². The van der Waals surface area contributed by atoms with E-state index in [0.717, 1.165) is 53.8 Å². The van der Waals surface area contributed by atoms with Gasteiger partial charge in [-0.3, -0.25) is 14.2 Å². The number of hydrogen-bond acceptors (Lipinski definition) is 5. The predicted molar refractivity (Wildman–Crippen MR) is 135 cm³/mol. The Kier molecular flexibility index (Phi) is 7.67. The van der Waals surface area contributed by atoms with Crippen molar-refractivity contribution in [2.24, 2.45) is 0 Å². The first-order chi connectivity index (χ1) is 16.5. The number of aromatic nitrogens is 2. The van der Waals surface area contributed by atoms with Crippen LogP contribution in [0.5, 0.6) is 11.5 Å². The highest BCUT2D eigenvalue weighted by Gasteiger charge is 2.22. The number of hydrogen-bond donors (Lipinski definition) is 2. The summed E-state index contributed by atoms with van der Waals surface area (Å²) < 4.78 is 13.7. The fourth-order valence-corrected chi connectivity index (χ4v) is 4.61. The van der Waals surface area contributed by atoms with Gasteiger partial charge in [-0.2, -0.15) is 0 Å². The maximum Gasteiger partial charge on any atom is 0.262 e. The average Bonchev–Trinajstić information content (AvgIpc) is 3.18. The zero-order valence-corrected chi connectivity index (χ0v) is 20.5. The highest BCUT2D eigenvalue weighted by atomic mass is 32.1. The molecule has 0 aliphatic carbocycles. The lowest BCUT2D eigenvalue weighted by Gasteiger charge is -2.13. The molecule has 1 amide bonds. The van der Waals surface area contributed by atoms with Gasteiger partial charge in [0.2, 0.25) is 5.91 Å². The number of carbonyl (C=O) groups is 1. The van der Waals surface area contributed by atoms with Crippen molar-refractivity contribution in [2.75, 3.05) is 6.61 Å². The van der Waals surface area contributed by atoms with E-state index in [2.05, 4.69) is 10.3 Å². The summed E-state index contributed by atoms with van der Waals surface area (Å²) >= 11 is 5.36. The monoisotopic (exact) mass is 481 g/mol. The second kappa shape index (κ2) is 10.9. The Morgan fingerprint density at radius 2 is 2.09 bits per heavy atom. The minimum absolute atomic E-state index is 0.00241. The highest BCUT2D eigenvalue weighted by Crippen LogP contribution is 2.35. The Bertz CT molecular complexity index is 1300. The summed E-state index contributed by atoms with van der Waals surface area (Å²) in [5.41, 5.74) is 2.75. The molecule has 0 bridgehead atoms. The maximum absolute atomic E-state index is 12.7. The Morgan fingerprint density at radius 1 is 1.26 bits per heavy atom. The second-order valence-electron chi connectivity index (χ2n) is 8.65. The van der Waals surface area contributed by atoms with Gasteiger partial charge < -0.3 is 19.8 Å². The first kappa shape index (κ1) is 24.0. The molecule has 34 heavy (non-hydrogen) atoms. The molecule has 3 aromatic rings. The van der Waals surface area contributed by atoms with Crippen LogP contribution in [-0.4, -0.2) is 28.2 Å². The van der Waals surface area contributed by atoms with Gasteiger partial charge in [0.1, 0.15) is 17.6 Å². The maximum atomic E-state index is 12.7. The van der Waals surface area contributed by atoms with Crippen LogP contribution in [0, 0.1) is 4.77 Å². The number of fused-ring (bicyclic) bond motifs is 2. The summed E-state index contributed by atoms with van der Waals surface area (Å²) in [6, 6.07) is 11.4. The summed E-state index contributed by atoms with van der Waals surface area (Å²) in [5, 5.41) is 3.63. The smallest absolute Gasteiger partial charge is 0.262 e. The van der Waals surface area contributed by atoms with Crippen LogP contribution < -0.4 is 20.3 Å². The molecule has 0 saturated heterocycles. The molecule has 2 aromatic carbocycles. The highest BCUT2D eigenvalue weighted by molar-refractivity contribution is 7.71. The zero-order chi connectivity index (χ0) is 24.1. The number of carbonyl (C=O) groups excluding carboxylic acids is 1. The summed E-state index contributed by atoms with van der Waals surface area (Å²) in [6.45, 7) is 5.51. The van der Waals surface area contributed by atoms with E-state index in [0.29, 0.717) is 36.3 Å². The van der Waals surface area contributed by atoms with Gasteiger partial charge in [-0.25, -0.2) is 0 Å². The molecule has 1 aromatic heterocycles. The Labute approximate surface area is 204 Å². The lowest BCUT2D eigenvalue weighted by molar-refractivity contribution is -0.121. The lowest BCUT2D eigenvalue weighted by Crippen LogP contribution is -2.23. The molecular weight excluding hydrogens is 450 g/mol. The Hall–Kier alpha value is -3.13. The molecule has 7 nitrogen and oxygen atoms in total. The zero-order valence-electron chi connectivity index (χ0n) is 19.7. The molecule has 0 fully saturated rings. The Morgan fingerprint density at radius 3 is 2.91 bits per heavy atom. The fourth-order valence-electron chi connectivity index (χ4n) is 4.33. The normalized spacial score (nSPS) is 14.6. The van der Waals surface area contributed by atoms with Crippen molar-refractivity contribution in [3.8, 4) is 11.5 Å². The number of nitrogens with one attached hydrogen (secondary N) is 2. The topological polar surface area (TPSA) is 85.4 Å². The van der Waals surface area contributed by atoms with Crippen molar-refractivity contribution < 1.29 is 14.3 Å². The van der Waals surface area contributed by atoms with Crippen LogP contribution in [0.4, 0.5) is 0 Å². The first-order valence-corrected chi connectivity index (χ1v) is 12.3. The van der Waals surface area contributed by atoms with Crippen LogP contribution in [0.3, 0.4) is 0 Å². The third-order valence-electron chi connectivity index (χ3n) is 6.03. The van der Waals surface area contributed by atoms with E-state index in [4.69, 9.17) is 21.7 Å². The number of nitrogens with zero attached hydrogens (tertiary/aromatic N) is 1. The van der Waals surface area contributed by atoms with Crippen LogP contribution >= 0.6 is 12.2 Å². The molecule has 2 heterocycles. The van der Waals surface area contributed by atoms with E-state index in [1.165, 1.54) is 0 Å². The number of aromatic amines is 1. The number of H-pyrrole nitrogens is 1. The molecule has 1 aliphatic rings. The SMILES string of the molecule is CCOc1cc2c(cc1CNC(=O)CCCCCn1c(=S)[nH]c3ccccc3c1=O)O[C@@H](C)C2. The molecular formula is C26H31N3O4S. The third-order valence-corrected chi connectivity index (χ3v) is 6.35. The molecule has 4 rings (SSSR count). The minimum atomic E-state index is -0.0742. The average molecular weight is 482 g/mol. The van der Waals surface area contributed by atoms with E-state index in [1.54, 1.807) is 10.6 Å². The van der Waals surface area contributed by atoms with Crippen molar-refractivity contribution in [2.45, 2.75) is 65.1 Å². The van der Waals surface area contributed by atoms with Gasteiger partial charge in [-0.05, 0) is 63.2 Å². The molecule has 2 N–H and O–H groups in total. The van der Waals surface area contributed by atoms with Crippen LogP contribution in [-0.2, 0) is 24.3 Å². The van der Waals surface area contributed by atoms with Crippen molar-refractivity contribution >= 4 is 29.0 Å². The number of rotatable bonds is 10. The van der Waals surface area contributed by atoms with Gasteiger partial charge in [0.15, 0.2) is 4.77 Å². The van der Waals surface area contributed by atoms with Crippen LogP contribution in [0.2, 0.25) is 0 Å². The van der Waals surface area contributed by atoms with Crippen molar-refractivity contribution in [3.05, 3.63) is 62.6 Å². The van der Waals surface area contributed by atoms with Crippen molar-refractivity contribution in [3.63, 3.8) is 0 Å². The van der Waals surface area contributed by atoms with Gasteiger partial charge in [0.25, 0.3) is 5.56 Å². The molecule has 0 radical (unpaired) electrons. The molecule has 1 atom stereocenters. The molecule has 0 spiro atoms. The summed E-state index contributed by atoms with van der Waals surface area (Å²) in [4.78, 5) is 28.2. The van der Waals surface area contributed by atoms with Gasteiger partial charge >= 0.3 is 0 Å². The van der Waals surface area contributed by atoms with Gasteiger partial charge in [0.05, 0.1) is 17.5 Å². The predicted octanol–water partition coefficient (Wildman–Crippen LogP) is 4.66. The quantitative estimate of drug-likeness (QED) is 0.325. The molecule has 0 saturated carbocycles. The van der Waals surface area contributed by atoms with Gasteiger partial charge in [-0.1, -0.05) is 18.6 Å². The van der Waals surface area contributed by atoms with E-state index < -0.39 is 0 Å². The van der Waals surface area contributed by atoms with Gasteiger partial charge in [0, 0.05) is 37.1 Å². The standard InChI is InChI=1S/C26H31N3O4S/c1-3-32-22-14-18-13-17(2)33-23(18)15-19(22)16-27-24(30)11-5-4-8-12-29-25(31)20-9-6-7-10-21(20)28-26(29)34/h6-7,9-10,14-15,17H,3-5,8,11-13,16H2,1-2H3,(H,27,30)(H,28,34)/t17-/m0/s1. The number of amides is 1. The first-order valence-electron chi connectivity index (χ1n) is 11.9. The fraction of sp³-hybridized carbons (Fsp3) is 0.423. The van der Waals surface area contributed by atoms with Gasteiger partial charge in [-0.15, -0.1) is 0 Å². The number of unbranched alkanes of at least 4 members (excludes halogenated alkanes) is 2. The third kappa shape index (κ3) is 5.50. The summed E-state index contributed by atoms with van der Waals surface area (Å²) in [5.74, 6) is 1.68. The lowest BCUT2D eigenvalue weighted by atomic mass is 10.1. The molecule has 8 heteroatoms. The second-order valence-corrected chi connectivity index (χ2v) is 9.04. The van der Waals surface area contributed by atoms with Crippen LogP contribution in [0.1, 0.15) is 50.7 Å². The summed E-state index contributed by atoms with van der Waals surface area (Å²) in [6.07, 6.45) is 3.82. The van der Waals surface area contributed by atoms with Crippen LogP contribution in [0.25, 0.3) is 10.9 Å². The number of benzene rings is 2. The van der Waals surface area contributed by atoms with E-state index >= 15 is 0 Å². The largest absolute Gasteiger partial charge is 0.494 e. The summed E-state index contributed by atoms with van der Waals surface area (Å²) in [7, 11) is 0. The number of para-hydroxylation sites is 1. The van der Waals surface area contributed by atoms with E-state index in [-0.39, 0.29) is 17.6 Å². The minimum Gasteiger partial charge on any atom is -0.494 e. The van der Waals surface area contributed by atoms with E-state index in [9.17, 15) is 9.59 Å². The number of ether oxygens (including phenoxy) is 2. The molecule has 180 valence electrons. The van der Waals surface area contributed by atoms with Crippen molar-refractivity contribution in [1.29, 1.82) is 0 Å². The molecule has 0 unspecified atom stereocenters.